The molecule has 0 radical (unpaired) electrons. The molecule has 0 aromatic carbocycles. The molecule has 2 amide bonds. The lowest BCUT2D eigenvalue weighted by Gasteiger charge is -2.48. The Labute approximate surface area is 193 Å². The maximum atomic E-state index is 12.9. The molecule has 2 fully saturated rings. The zero-order valence-electron chi connectivity index (χ0n) is 18.3. The van der Waals surface area contributed by atoms with E-state index in [9.17, 15) is 9.59 Å². The molecule has 3 heterocycles. The van der Waals surface area contributed by atoms with Crippen LogP contribution in [-0.4, -0.2) is 59.3 Å². The molecule has 0 aliphatic carbocycles. The number of pyridine rings is 1. The van der Waals surface area contributed by atoms with E-state index in [0.717, 1.165) is 50.9 Å². The molecule has 0 saturated carbocycles. The van der Waals surface area contributed by atoms with Crippen molar-refractivity contribution in [3.8, 4) is 0 Å². The molecule has 2 aliphatic rings. The second-order valence-electron chi connectivity index (χ2n) is 8.90. The van der Waals surface area contributed by atoms with E-state index >= 15 is 0 Å². The predicted octanol–water partition coefficient (Wildman–Crippen LogP) is 3.29. The first kappa shape index (κ1) is 26.7. The Morgan fingerprint density at radius 1 is 1.17 bits per heavy atom. The average molecular weight is 459 g/mol. The topological polar surface area (TPSA) is 65.5 Å². The monoisotopic (exact) mass is 458 g/mol. The number of likely N-dealkylation sites (N-methyl/N-ethyl adjacent to an activating group) is 1. The smallest absolute Gasteiger partial charge is 0.239 e. The first-order chi connectivity index (χ1) is 13.4. The maximum absolute atomic E-state index is 12.9. The number of hydrogen-bond acceptors (Lipinski definition) is 4. The van der Waals surface area contributed by atoms with Gasteiger partial charge in [-0.25, -0.2) is 0 Å². The van der Waals surface area contributed by atoms with E-state index in [1.54, 1.807) is 12.4 Å². The second kappa shape index (κ2) is 11.9. The highest BCUT2D eigenvalue weighted by Crippen LogP contribution is 2.40. The summed E-state index contributed by atoms with van der Waals surface area (Å²) in [6, 6.07) is 3.86. The summed E-state index contributed by atoms with van der Waals surface area (Å²) in [6.07, 6.45) is 7.95. The van der Waals surface area contributed by atoms with Crippen molar-refractivity contribution in [3.05, 3.63) is 30.1 Å². The van der Waals surface area contributed by atoms with Crippen LogP contribution in [-0.2, 0) is 16.1 Å². The lowest BCUT2D eigenvalue weighted by Crippen LogP contribution is -2.54. The van der Waals surface area contributed by atoms with Crippen LogP contribution >= 0.6 is 24.8 Å². The van der Waals surface area contributed by atoms with Gasteiger partial charge in [0.2, 0.25) is 11.8 Å². The van der Waals surface area contributed by atoms with Gasteiger partial charge in [-0.05, 0) is 61.8 Å². The van der Waals surface area contributed by atoms with Crippen molar-refractivity contribution in [2.24, 2.45) is 11.3 Å². The molecule has 1 spiro atoms. The van der Waals surface area contributed by atoms with Gasteiger partial charge < -0.3 is 15.1 Å². The van der Waals surface area contributed by atoms with Crippen molar-refractivity contribution < 1.29 is 9.59 Å². The third kappa shape index (κ3) is 6.56. The highest BCUT2D eigenvalue weighted by molar-refractivity contribution is 5.85. The number of halogens is 2. The van der Waals surface area contributed by atoms with E-state index < -0.39 is 0 Å². The lowest BCUT2D eigenvalue weighted by atomic mass is 9.72. The van der Waals surface area contributed by atoms with Gasteiger partial charge in [0.1, 0.15) is 0 Å². The van der Waals surface area contributed by atoms with Crippen LogP contribution in [0.4, 0.5) is 0 Å². The number of hydrogen-bond donors (Lipinski definition) is 1. The van der Waals surface area contributed by atoms with E-state index in [0.29, 0.717) is 18.9 Å². The molecule has 0 unspecified atom stereocenters. The summed E-state index contributed by atoms with van der Waals surface area (Å²) in [4.78, 5) is 33.4. The highest BCUT2D eigenvalue weighted by atomic mass is 35.5. The number of rotatable bonds is 6. The van der Waals surface area contributed by atoms with Crippen LogP contribution in [0.5, 0.6) is 0 Å². The van der Waals surface area contributed by atoms with Crippen molar-refractivity contribution in [2.45, 2.75) is 58.5 Å². The number of amides is 2. The predicted molar refractivity (Wildman–Crippen MR) is 124 cm³/mol. The molecular weight excluding hydrogens is 423 g/mol. The number of nitrogens with zero attached hydrogens (tertiary/aromatic N) is 3. The second-order valence-corrected chi connectivity index (χ2v) is 8.90. The van der Waals surface area contributed by atoms with Crippen molar-refractivity contribution in [1.82, 2.24) is 20.1 Å². The largest absolute Gasteiger partial charge is 0.341 e. The van der Waals surface area contributed by atoms with E-state index in [1.165, 1.54) is 0 Å². The van der Waals surface area contributed by atoms with E-state index in [1.807, 2.05) is 29.0 Å². The summed E-state index contributed by atoms with van der Waals surface area (Å²) in [5.41, 5.74) is 1.28. The molecule has 2 saturated heterocycles. The molecule has 1 aromatic heterocycles. The standard InChI is InChI=1S/C22H34N4O2.2ClH/c1-17(2)14-19(23-3)21(28)25-12-8-22(9-13-25)7-4-20(27)26(16-22)15-18-5-10-24-11-6-18;;/h5-6,10-11,17,19,23H,4,7-9,12-16H2,1-3H3;2*1H/t19-;;/m0../s1. The Bertz CT molecular complexity index is 679. The summed E-state index contributed by atoms with van der Waals surface area (Å²) in [6.45, 7) is 7.36. The Balaban J connectivity index is 0.00000225. The van der Waals surface area contributed by atoms with Crippen LogP contribution in [0.1, 0.15) is 51.5 Å². The number of piperidine rings is 2. The summed E-state index contributed by atoms with van der Waals surface area (Å²) in [5, 5.41) is 3.19. The third-order valence-corrected chi connectivity index (χ3v) is 6.36. The van der Waals surface area contributed by atoms with Crippen LogP contribution in [0.3, 0.4) is 0 Å². The molecule has 170 valence electrons. The van der Waals surface area contributed by atoms with Crippen LogP contribution in [0.25, 0.3) is 0 Å². The van der Waals surface area contributed by atoms with Crippen molar-refractivity contribution in [1.29, 1.82) is 0 Å². The zero-order chi connectivity index (χ0) is 20.1. The first-order valence-corrected chi connectivity index (χ1v) is 10.6. The first-order valence-electron chi connectivity index (χ1n) is 10.6. The quantitative estimate of drug-likeness (QED) is 0.709. The minimum atomic E-state index is -0.0924. The molecule has 6 nitrogen and oxygen atoms in total. The maximum Gasteiger partial charge on any atom is 0.239 e. The average Bonchev–Trinajstić information content (AvgIpc) is 2.70. The molecule has 2 aliphatic heterocycles. The van der Waals surface area contributed by atoms with E-state index in [2.05, 4.69) is 24.1 Å². The summed E-state index contributed by atoms with van der Waals surface area (Å²) in [7, 11) is 1.88. The summed E-state index contributed by atoms with van der Waals surface area (Å²) in [5.74, 6) is 0.961. The molecular formula is C22H36Cl2N4O2. The van der Waals surface area contributed by atoms with Gasteiger partial charge in [-0.2, -0.15) is 0 Å². The summed E-state index contributed by atoms with van der Waals surface area (Å²) >= 11 is 0. The summed E-state index contributed by atoms with van der Waals surface area (Å²) < 4.78 is 0. The number of aromatic nitrogens is 1. The fraction of sp³-hybridized carbons (Fsp3) is 0.682. The van der Waals surface area contributed by atoms with Crippen molar-refractivity contribution >= 4 is 36.6 Å². The fourth-order valence-corrected chi connectivity index (χ4v) is 4.60. The van der Waals surface area contributed by atoms with Gasteiger partial charge in [-0.15, -0.1) is 24.8 Å². The van der Waals surface area contributed by atoms with Crippen molar-refractivity contribution in [2.75, 3.05) is 26.7 Å². The van der Waals surface area contributed by atoms with Gasteiger partial charge in [-0.3, -0.25) is 14.6 Å². The molecule has 0 bridgehead atoms. The van der Waals surface area contributed by atoms with Gasteiger partial charge in [0.15, 0.2) is 0 Å². The van der Waals surface area contributed by atoms with Crippen LogP contribution < -0.4 is 5.32 Å². The van der Waals surface area contributed by atoms with Crippen molar-refractivity contribution in [3.63, 3.8) is 0 Å². The Hall–Kier alpha value is -1.37. The van der Waals surface area contributed by atoms with Crippen LogP contribution in [0, 0.1) is 11.3 Å². The van der Waals surface area contributed by atoms with Gasteiger partial charge in [0, 0.05) is 45.0 Å². The SMILES string of the molecule is CN[C@@H](CC(C)C)C(=O)N1CCC2(CCC(=O)N(Cc3ccncc3)C2)CC1.Cl.Cl. The van der Waals surface area contributed by atoms with Gasteiger partial charge in [0.05, 0.1) is 6.04 Å². The highest BCUT2D eigenvalue weighted by Gasteiger charge is 2.42. The lowest BCUT2D eigenvalue weighted by molar-refractivity contribution is -0.144. The number of nitrogens with one attached hydrogen (secondary N) is 1. The Morgan fingerprint density at radius 3 is 2.37 bits per heavy atom. The number of likely N-dealkylation sites (tertiary alicyclic amines) is 2. The number of carbonyl (C=O) groups is 2. The molecule has 1 N–H and O–H groups in total. The van der Waals surface area contributed by atoms with E-state index in [4.69, 9.17) is 0 Å². The minimum absolute atomic E-state index is 0. The minimum Gasteiger partial charge on any atom is -0.341 e. The number of carbonyl (C=O) groups excluding carboxylic acids is 2. The molecule has 1 atom stereocenters. The molecule has 30 heavy (non-hydrogen) atoms. The van der Waals surface area contributed by atoms with Crippen LogP contribution in [0.15, 0.2) is 24.5 Å². The van der Waals surface area contributed by atoms with Gasteiger partial charge in [-0.1, -0.05) is 13.8 Å². The van der Waals surface area contributed by atoms with E-state index in [-0.39, 0.29) is 48.1 Å². The zero-order valence-corrected chi connectivity index (χ0v) is 19.9. The molecule has 1 aromatic rings. The molecule has 8 heteroatoms. The normalized spacial score (nSPS) is 19.3. The Morgan fingerprint density at radius 2 is 1.80 bits per heavy atom. The van der Waals surface area contributed by atoms with Gasteiger partial charge in [0.25, 0.3) is 0 Å². The van der Waals surface area contributed by atoms with Gasteiger partial charge >= 0.3 is 0 Å². The fourth-order valence-electron chi connectivity index (χ4n) is 4.60. The molecule has 3 rings (SSSR count). The van der Waals surface area contributed by atoms with Crippen LogP contribution in [0.2, 0.25) is 0 Å². The third-order valence-electron chi connectivity index (χ3n) is 6.36. The Kier molecular flexibility index (Phi) is 10.5.